The number of carbonyl (C=O) groups excluding carboxylic acids is 1. The topological polar surface area (TPSA) is 64.7 Å². The molecular weight excluding hydrogens is 180 g/mol. The summed E-state index contributed by atoms with van der Waals surface area (Å²) in [5.74, 6) is 4.47. The molecule has 5 heteroatoms. The third-order valence-electron chi connectivity index (χ3n) is 1.05. The molecular formula is C7H11ClN2O2. The summed E-state index contributed by atoms with van der Waals surface area (Å²) < 4.78 is 4.95. The quantitative estimate of drug-likeness (QED) is 0.220. The van der Waals surface area contributed by atoms with Crippen LogP contribution in [0.15, 0.2) is 17.8 Å². The van der Waals surface area contributed by atoms with Crippen molar-refractivity contribution in [2.75, 3.05) is 13.2 Å². The maximum Gasteiger partial charge on any atom is 0.196 e. The summed E-state index contributed by atoms with van der Waals surface area (Å²) in [6, 6.07) is 0. The van der Waals surface area contributed by atoms with Crippen LogP contribution in [0, 0.1) is 0 Å². The van der Waals surface area contributed by atoms with Gasteiger partial charge in [0.1, 0.15) is 0 Å². The Morgan fingerprint density at radius 3 is 2.92 bits per heavy atom. The lowest BCUT2D eigenvalue weighted by atomic mass is 10.3. The first kappa shape index (κ1) is 11.1. The number of hydrazone groups is 1. The number of Topliss-reactive ketones (excluding diaryl/α,β-unsaturated/α-hetero) is 1. The van der Waals surface area contributed by atoms with E-state index in [2.05, 4.69) is 11.7 Å². The van der Waals surface area contributed by atoms with Gasteiger partial charge in [0.25, 0.3) is 0 Å². The van der Waals surface area contributed by atoms with Crippen LogP contribution in [0.25, 0.3) is 0 Å². The van der Waals surface area contributed by atoms with Crippen molar-refractivity contribution >= 4 is 22.6 Å². The lowest BCUT2D eigenvalue weighted by molar-refractivity contribution is -0.113. The number of hydrogen-bond acceptors (Lipinski definition) is 4. The Morgan fingerprint density at radius 1 is 1.75 bits per heavy atom. The maximum atomic E-state index is 10.9. The van der Waals surface area contributed by atoms with Gasteiger partial charge in [0.05, 0.1) is 13.2 Å². The van der Waals surface area contributed by atoms with Crippen LogP contribution in [0.4, 0.5) is 0 Å². The lowest BCUT2D eigenvalue weighted by Gasteiger charge is -1.98. The van der Waals surface area contributed by atoms with E-state index in [1.807, 2.05) is 0 Å². The molecule has 12 heavy (non-hydrogen) atoms. The molecule has 0 aliphatic rings. The lowest BCUT2D eigenvalue weighted by Crippen LogP contribution is -2.12. The minimum atomic E-state index is -0.316. The van der Waals surface area contributed by atoms with Gasteiger partial charge in [0.2, 0.25) is 0 Å². The molecule has 0 rings (SSSR count). The van der Waals surface area contributed by atoms with E-state index in [4.69, 9.17) is 22.2 Å². The van der Waals surface area contributed by atoms with Crippen molar-refractivity contribution in [3.05, 3.63) is 12.7 Å². The molecule has 0 aliphatic heterocycles. The van der Waals surface area contributed by atoms with Crippen LogP contribution in [0.3, 0.4) is 0 Å². The Morgan fingerprint density at radius 2 is 2.42 bits per heavy atom. The summed E-state index contributed by atoms with van der Waals surface area (Å²) in [6.45, 7) is 4.17. The second-order valence-corrected chi connectivity index (χ2v) is 2.31. The van der Waals surface area contributed by atoms with Gasteiger partial charge in [-0.15, -0.1) is 6.58 Å². The summed E-state index contributed by atoms with van der Waals surface area (Å²) >= 11 is 5.33. The van der Waals surface area contributed by atoms with Gasteiger partial charge in [-0.05, 0) is 0 Å². The third kappa shape index (κ3) is 4.87. The molecule has 0 aromatic rings. The van der Waals surface area contributed by atoms with Crippen LogP contribution in [-0.4, -0.2) is 24.2 Å². The number of carbonyl (C=O) groups is 1. The molecule has 0 aromatic carbocycles. The van der Waals surface area contributed by atoms with Crippen LogP contribution >= 0.6 is 11.6 Å². The van der Waals surface area contributed by atoms with E-state index in [0.717, 1.165) is 0 Å². The highest BCUT2D eigenvalue weighted by Gasteiger charge is 2.06. The summed E-state index contributed by atoms with van der Waals surface area (Å²) in [5, 5.41) is 2.85. The first-order valence-corrected chi connectivity index (χ1v) is 3.75. The van der Waals surface area contributed by atoms with Crippen molar-refractivity contribution in [3.8, 4) is 0 Å². The number of ether oxygens (including phenoxy) is 1. The summed E-state index contributed by atoms with van der Waals surface area (Å²) in [7, 11) is 0. The number of hydrogen-bond donors (Lipinski definition) is 1. The molecule has 0 bridgehead atoms. The molecule has 0 fully saturated rings. The van der Waals surface area contributed by atoms with E-state index in [-0.39, 0.29) is 17.4 Å². The molecule has 0 saturated heterocycles. The largest absolute Gasteiger partial charge is 0.377 e. The average molecular weight is 191 g/mol. The zero-order chi connectivity index (χ0) is 9.40. The molecule has 0 atom stereocenters. The van der Waals surface area contributed by atoms with Crippen LogP contribution in [0.2, 0.25) is 0 Å². The van der Waals surface area contributed by atoms with Gasteiger partial charge in [0, 0.05) is 6.42 Å². The fourth-order valence-electron chi connectivity index (χ4n) is 0.507. The zero-order valence-corrected chi connectivity index (χ0v) is 7.38. The van der Waals surface area contributed by atoms with E-state index >= 15 is 0 Å². The number of nitrogens with zero attached hydrogens (tertiary/aromatic N) is 1. The standard InChI is InChI=1S/C7H11ClN2O2/c1-2-4-12-5-3-6(11)7(8)10-9/h2H,1,3-5,9H2. The normalized spacial score (nSPS) is 11.2. The molecule has 0 radical (unpaired) electrons. The molecule has 0 aromatic heterocycles. The minimum Gasteiger partial charge on any atom is -0.377 e. The monoisotopic (exact) mass is 190 g/mol. The highest BCUT2D eigenvalue weighted by molar-refractivity contribution is 6.83. The molecule has 4 nitrogen and oxygen atoms in total. The number of rotatable bonds is 6. The number of nitrogens with two attached hydrogens (primary N) is 1. The first-order valence-electron chi connectivity index (χ1n) is 3.37. The van der Waals surface area contributed by atoms with E-state index in [9.17, 15) is 4.79 Å². The molecule has 0 saturated carbocycles. The second kappa shape index (κ2) is 6.82. The van der Waals surface area contributed by atoms with Gasteiger partial charge in [-0.25, -0.2) is 0 Å². The van der Waals surface area contributed by atoms with E-state index in [1.54, 1.807) is 6.08 Å². The highest BCUT2D eigenvalue weighted by atomic mass is 35.5. The summed E-state index contributed by atoms with van der Waals surface area (Å²) in [4.78, 5) is 10.9. The summed E-state index contributed by atoms with van der Waals surface area (Å²) in [5.41, 5.74) is 0. The molecule has 0 aliphatic carbocycles. The van der Waals surface area contributed by atoms with Crippen LogP contribution in [0.1, 0.15) is 6.42 Å². The fraction of sp³-hybridized carbons (Fsp3) is 0.429. The fourth-order valence-corrected chi connectivity index (χ4v) is 0.601. The Labute approximate surface area is 76.0 Å². The third-order valence-corrected chi connectivity index (χ3v) is 1.36. The Bertz CT molecular complexity index is 192. The van der Waals surface area contributed by atoms with Gasteiger partial charge in [0.15, 0.2) is 11.0 Å². The predicted molar refractivity (Wildman–Crippen MR) is 48.1 cm³/mol. The molecule has 68 valence electrons. The first-order chi connectivity index (χ1) is 5.72. The minimum absolute atomic E-state index is 0.188. The van der Waals surface area contributed by atoms with Crippen molar-refractivity contribution in [1.82, 2.24) is 0 Å². The van der Waals surface area contributed by atoms with Gasteiger partial charge in [-0.1, -0.05) is 17.7 Å². The molecule has 0 amide bonds. The van der Waals surface area contributed by atoms with E-state index in [0.29, 0.717) is 13.2 Å². The Balaban J connectivity index is 3.51. The van der Waals surface area contributed by atoms with Crippen LogP contribution < -0.4 is 5.84 Å². The van der Waals surface area contributed by atoms with Crippen LogP contribution in [0.5, 0.6) is 0 Å². The molecule has 0 spiro atoms. The predicted octanol–water partition coefficient (Wildman–Crippen LogP) is 0.659. The number of halogens is 1. The molecule has 2 N–H and O–H groups in total. The zero-order valence-electron chi connectivity index (χ0n) is 6.62. The van der Waals surface area contributed by atoms with Gasteiger partial charge < -0.3 is 10.6 Å². The van der Waals surface area contributed by atoms with Crippen molar-refractivity contribution < 1.29 is 9.53 Å². The van der Waals surface area contributed by atoms with Crippen molar-refractivity contribution in [2.24, 2.45) is 10.9 Å². The van der Waals surface area contributed by atoms with Gasteiger partial charge in [-0.2, -0.15) is 5.10 Å². The summed E-state index contributed by atoms with van der Waals surface area (Å²) in [6.07, 6.45) is 1.79. The SMILES string of the molecule is C=CCOCCC(=O)C(Cl)=NN. The smallest absolute Gasteiger partial charge is 0.196 e. The van der Waals surface area contributed by atoms with Crippen molar-refractivity contribution in [2.45, 2.75) is 6.42 Å². The Hall–Kier alpha value is -0.870. The maximum absolute atomic E-state index is 10.9. The van der Waals surface area contributed by atoms with Crippen LogP contribution in [-0.2, 0) is 9.53 Å². The van der Waals surface area contributed by atoms with E-state index < -0.39 is 0 Å². The van der Waals surface area contributed by atoms with E-state index in [1.165, 1.54) is 0 Å². The van der Waals surface area contributed by atoms with Crippen molar-refractivity contribution in [1.29, 1.82) is 0 Å². The molecule has 0 unspecified atom stereocenters. The number of ketones is 1. The second-order valence-electron chi connectivity index (χ2n) is 1.96. The van der Waals surface area contributed by atoms with Crippen molar-refractivity contribution in [3.63, 3.8) is 0 Å². The molecule has 0 heterocycles. The highest BCUT2D eigenvalue weighted by Crippen LogP contribution is 1.92. The van der Waals surface area contributed by atoms with Gasteiger partial charge >= 0.3 is 0 Å². The Kier molecular flexibility index (Phi) is 6.32. The van der Waals surface area contributed by atoms with Gasteiger partial charge in [-0.3, -0.25) is 4.79 Å². The average Bonchev–Trinajstić information content (AvgIpc) is 2.10.